The Labute approximate surface area is 155 Å². The number of nitrogens with zero attached hydrogens (tertiary/aromatic N) is 1. The van der Waals surface area contributed by atoms with Crippen LogP contribution < -0.4 is 16.0 Å². The second kappa shape index (κ2) is 7.41. The quantitative estimate of drug-likeness (QED) is 0.452. The van der Waals surface area contributed by atoms with Crippen LogP contribution in [-0.4, -0.2) is 24.1 Å². The number of rotatable bonds is 5. The number of anilines is 2. The minimum atomic E-state index is -0.215. The summed E-state index contributed by atoms with van der Waals surface area (Å²) in [6.07, 6.45) is 0. The van der Waals surface area contributed by atoms with Crippen molar-refractivity contribution in [1.29, 1.82) is 0 Å². The van der Waals surface area contributed by atoms with Gasteiger partial charge in [0.05, 0.1) is 15.9 Å². The first kappa shape index (κ1) is 16.4. The van der Waals surface area contributed by atoms with E-state index in [0.29, 0.717) is 13.1 Å². The van der Waals surface area contributed by atoms with Crippen LogP contribution in [-0.2, 0) is 0 Å². The number of benzene rings is 3. The SMILES string of the molecule is O=C(NCCNc1nc2ccccc2s1)Nc1cccc2ccccc12. The summed E-state index contributed by atoms with van der Waals surface area (Å²) >= 11 is 1.61. The number of thiazole rings is 1. The normalized spacial score (nSPS) is 10.8. The number of amides is 2. The first-order chi connectivity index (χ1) is 12.8. The lowest BCUT2D eigenvalue weighted by Gasteiger charge is -2.10. The van der Waals surface area contributed by atoms with Crippen molar-refractivity contribution in [2.75, 3.05) is 23.7 Å². The van der Waals surface area contributed by atoms with Gasteiger partial charge in [-0.25, -0.2) is 9.78 Å². The van der Waals surface area contributed by atoms with Crippen LogP contribution in [0.1, 0.15) is 0 Å². The fourth-order valence-electron chi connectivity index (χ4n) is 2.79. The summed E-state index contributed by atoms with van der Waals surface area (Å²) in [7, 11) is 0. The fourth-order valence-corrected chi connectivity index (χ4v) is 3.69. The molecule has 0 spiro atoms. The number of urea groups is 1. The van der Waals surface area contributed by atoms with Crippen molar-refractivity contribution in [3.05, 3.63) is 66.7 Å². The number of fused-ring (bicyclic) bond motifs is 2. The summed E-state index contributed by atoms with van der Waals surface area (Å²) in [6, 6.07) is 21.7. The zero-order chi connectivity index (χ0) is 17.8. The van der Waals surface area contributed by atoms with Gasteiger partial charge in [-0.2, -0.15) is 0 Å². The Morgan fingerprint density at radius 1 is 0.923 bits per heavy atom. The molecule has 26 heavy (non-hydrogen) atoms. The van der Waals surface area contributed by atoms with Crippen molar-refractivity contribution in [2.24, 2.45) is 0 Å². The van der Waals surface area contributed by atoms with Gasteiger partial charge in [0.1, 0.15) is 0 Å². The van der Waals surface area contributed by atoms with Gasteiger partial charge >= 0.3 is 6.03 Å². The first-order valence-corrected chi connectivity index (χ1v) is 9.23. The lowest BCUT2D eigenvalue weighted by Crippen LogP contribution is -2.32. The summed E-state index contributed by atoms with van der Waals surface area (Å²) in [6.45, 7) is 1.12. The van der Waals surface area contributed by atoms with Gasteiger partial charge in [-0.15, -0.1) is 0 Å². The minimum Gasteiger partial charge on any atom is -0.360 e. The highest BCUT2D eigenvalue weighted by Crippen LogP contribution is 2.25. The van der Waals surface area contributed by atoms with E-state index in [1.807, 2.05) is 66.7 Å². The maximum atomic E-state index is 12.1. The van der Waals surface area contributed by atoms with Gasteiger partial charge in [0, 0.05) is 18.5 Å². The molecule has 2 amide bonds. The van der Waals surface area contributed by atoms with Crippen LogP contribution in [0.2, 0.25) is 0 Å². The van der Waals surface area contributed by atoms with Crippen molar-refractivity contribution < 1.29 is 4.79 Å². The number of hydrogen-bond acceptors (Lipinski definition) is 4. The van der Waals surface area contributed by atoms with E-state index in [2.05, 4.69) is 20.9 Å². The highest BCUT2D eigenvalue weighted by atomic mass is 32.1. The van der Waals surface area contributed by atoms with Gasteiger partial charge in [0.25, 0.3) is 0 Å². The van der Waals surface area contributed by atoms with E-state index in [-0.39, 0.29) is 6.03 Å². The van der Waals surface area contributed by atoms with Gasteiger partial charge < -0.3 is 16.0 Å². The van der Waals surface area contributed by atoms with E-state index in [0.717, 1.165) is 31.8 Å². The number of carbonyl (C=O) groups is 1. The molecule has 0 saturated heterocycles. The molecule has 0 fully saturated rings. The van der Waals surface area contributed by atoms with Crippen molar-refractivity contribution in [3.8, 4) is 0 Å². The predicted octanol–water partition coefficient (Wildman–Crippen LogP) is 4.68. The summed E-state index contributed by atoms with van der Waals surface area (Å²) < 4.78 is 1.15. The lowest BCUT2D eigenvalue weighted by molar-refractivity contribution is 0.252. The van der Waals surface area contributed by atoms with Crippen molar-refractivity contribution in [2.45, 2.75) is 0 Å². The Balaban J connectivity index is 1.30. The Morgan fingerprint density at radius 3 is 2.65 bits per heavy atom. The van der Waals surface area contributed by atoms with Gasteiger partial charge in [0.2, 0.25) is 0 Å². The molecule has 1 aromatic heterocycles. The van der Waals surface area contributed by atoms with Crippen LogP contribution in [0.25, 0.3) is 21.0 Å². The number of carbonyl (C=O) groups excluding carboxylic acids is 1. The van der Waals surface area contributed by atoms with E-state index in [9.17, 15) is 4.79 Å². The van der Waals surface area contributed by atoms with Crippen molar-refractivity contribution in [1.82, 2.24) is 10.3 Å². The summed E-state index contributed by atoms with van der Waals surface area (Å²) in [4.78, 5) is 16.7. The third-order valence-corrected chi connectivity index (χ3v) is 5.01. The maximum Gasteiger partial charge on any atom is 0.319 e. The van der Waals surface area contributed by atoms with Crippen molar-refractivity contribution >= 4 is 49.2 Å². The Kier molecular flexibility index (Phi) is 4.66. The molecule has 130 valence electrons. The zero-order valence-corrected chi connectivity index (χ0v) is 14.8. The minimum absolute atomic E-state index is 0.215. The van der Waals surface area contributed by atoms with E-state index in [1.54, 1.807) is 11.3 Å². The van der Waals surface area contributed by atoms with Crippen LogP contribution in [0.3, 0.4) is 0 Å². The molecule has 4 aromatic rings. The molecule has 0 saturated carbocycles. The highest BCUT2D eigenvalue weighted by Gasteiger charge is 2.05. The second-order valence-corrected chi connectivity index (χ2v) is 6.85. The third-order valence-electron chi connectivity index (χ3n) is 4.02. The third kappa shape index (κ3) is 3.60. The van der Waals surface area contributed by atoms with Gasteiger partial charge in [0.15, 0.2) is 5.13 Å². The molecule has 1 heterocycles. The lowest BCUT2D eigenvalue weighted by atomic mass is 10.1. The molecule has 6 heteroatoms. The van der Waals surface area contributed by atoms with Gasteiger partial charge in [-0.3, -0.25) is 0 Å². The Morgan fingerprint density at radius 2 is 1.73 bits per heavy atom. The zero-order valence-electron chi connectivity index (χ0n) is 14.0. The van der Waals surface area contributed by atoms with Gasteiger partial charge in [-0.05, 0) is 23.6 Å². The van der Waals surface area contributed by atoms with E-state index >= 15 is 0 Å². The van der Waals surface area contributed by atoms with E-state index < -0.39 is 0 Å². The largest absolute Gasteiger partial charge is 0.360 e. The highest BCUT2D eigenvalue weighted by molar-refractivity contribution is 7.22. The summed E-state index contributed by atoms with van der Waals surface area (Å²) in [5.74, 6) is 0. The molecule has 4 rings (SSSR count). The number of nitrogens with one attached hydrogen (secondary N) is 3. The van der Waals surface area contributed by atoms with E-state index in [4.69, 9.17) is 0 Å². The second-order valence-electron chi connectivity index (χ2n) is 5.82. The standard InChI is InChI=1S/C20H18N4OS/c25-19(23-16-10-5-7-14-6-1-2-8-15(14)16)21-12-13-22-20-24-17-9-3-4-11-18(17)26-20/h1-11H,12-13H2,(H,22,24)(H2,21,23,25). The molecule has 0 bridgehead atoms. The van der Waals surface area contributed by atoms with Crippen LogP contribution in [0, 0.1) is 0 Å². The summed E-state index contributed by atoms with van der Waals surface area (Å²) in [5, 5.41) is 12.0. The molecule has 3 aromatic carbocycles. The van der Waals surface area contributed by atoms with Crippen LogP contribution in [0.4, 0.5) is 15.6 Å². The monoisotopic (exact) mass is 362 g/mol. The molecular weight excluding hydrogens is 344 g/mol. The Hall–Kier alpha value is -3.12. The smallest absolute Gasteiger partial charge is 0.319 e. The number of para-hydroxylation sites is 1. The topological polar surface area (TPSA) is 66.0 Å². The number of aromatic nitrogens is 1. The van der Waals surface area contributed by atoms with Crippen LogP contribution >= 0.6 is 11.3 Å². The fraction of sp³-hybridized carbons (Fsp3) is 0.100. The molecule has 5 nitrogen and oxygen atoms in total. The molecule has 0 aliphatic heterocycles. The number of hydrogen-bond donors (Lipinski definition) is 3. The van der Waals surface area contributed by atoms with Crippen LogP contribution in [0.5, 0.6) is 0 Å². The first-order valence-electron chi connectivity index (χ1n) is 8.42. The molecular formula is C20H18N4OS. The molecule has 0 aliphatic rings. The van der Waals surface area contributed by atoms with E-state index in [1.165, 1.54) is 0 Å². The molecule has 0 aliphatic carbocycles. The predicted molar refractivity (Wildman–Crippen MR) is 109 cm³/mol. The van der Waals surface area contributed by atoms with Crippen LogP contribution in [0.15, 0.2) is 66.7 Å². The van der Waals surface area contributed by atoms with Gasteiger partial charge in [-0.1, -0.05) is 59.9 Å². The summed E-state index contributed by atoms with van der Waals surface area (Å²) in [5.41, 5.74) is 1.79. The molecule has 0 unspecified atom stereocenters. The van der Waals surface area contributed by atoms with Crippen molar-refractivity contribution in [3.63, 3.8) is 0 Å². The molecule has 0 atom stereocenters. The molecule has 0 radical (unpaired) electrons. The molecule has 3 N–H and O–H groups in total. The maximum absolute atomic E-state index is 12.1. The average molecular weight is 362 g/mol. The Bertz CT molecular complexity index is 1020. The average Bonchev–Trinajstić information content (AvgIpc) is 3.08.